The van der Waals surface area contributed by atoms with Gasteiger partial charge in [-0.1, -0.05) is 45.0 Å². The molecule has 1 aromatic rings. The minimum atomic E-state index is 0. The first-order valence-corrected chi connectivity index (χ1v) is 3.78. The van der Waals surface area contributed by atoms with E-state index in [2.05, 4.69) is 20.8 Å². The molecule has 0 saturated carbocycles. The summed E-state index contributed by atoms with van der Waals surface area (Å²) in [6, 6.07) is 7.01. The average Bonchev–Trinajstić information content (AvgIpc) is 1.86. The number of hydrogen-bond acceptors (Lipinski definition) is 1. The summed E-state index contributed by atoms with van der Waals surface area (Å²) in [4.78, 5) is 0. The summed E-state index contributed by atoms with van der Waals surface area (Å²) in [5, 5.41) is 10.7. The third-order valence-corrected chi connectivity index (χ3v) is 1.72. The molecule has 1 aromatic carbocycles. The van der Waals surface area contributed by atoms with Crippen LogP contribution in [-0.4, -0.2) is 0 Å². The fourth-order valence-electron chi connectivity index (χ4n) is 0.955. The van der Waals surface area contributed by atoms with E-state index in [1.54, 1.807) is 12.1 Å². The number of rotatable bonds is 0. The molecule has 0 spiro atoms. The van der Waals surface area contributed by atoms with Crippen LogP contribution in [0.25, 0.3) is 0 Å². The van der Waals surface area contributed by atoms with Crippen LogP contribution in [-0.2, 0) is 27.1 Å². The molecule has 0 unspecified atom stereocenters. The molecule has 5 heteroatoms. The van der Waals surface area contributed by atoms with Crippen molar-refractivity contribution < 1.29 is 64.0 Å². The van der Waals surface area contributed by atoms with E-state index in [9.17, 15) is 5.11 Å². The van der Waals surface area contributed by atoms with Gasteiger partial charge in [0, 0.05) is 0 Å². The van der Waals surface area contributed by atoms with Gasteiger partial charge in [-0.3, -0.25) is 0 Å². The minimum Gasteiger partial charge on any atom is -1.00 e. The first-order chi connectivity index (χ1) is 5.00. The summed E-state index contributed by atoms with van der Waals surface area (Å²) in [7, 11) is 0. The molecule has 0 atom stereocenters. The van der Waals surface area contributed by atoms with Crippen LogP contribution < -0.4 is 42.3 Å². The second-order valence-corrected chi connectivity index (χ2v) is 3.77. The van der Waals surface area contributed by atoms with Crippen molar-refractivity contribution in [2.75, 3.05) is 0 Å². The van der Waals surface area contributed by atoms with Crippen molar-refractivity contribution in [1.29, 1.82) is 0 Å². The Morgan fingerprint density at radius 3 is 1.47 bits per heavy atom. The largest absolute Gasteiger partial charge is 4.00 e. The fraction of sp³-hybridized carbons (Fsp3) is 0.400. The maximum Gasteiger partial charge on any atom is 4.00 e. The molecule has 0 aliphatic rings. The van der Waals surface area contributed by atoms with Gasteiger partial charge in [-0.05, 0) is 11.0 Å². The van der Waals surface area contributed by atoms with Gasteiger partial charge in [0.05, 0.1) is 0 Å². The minimum absolute atomic E-state index is 0. The summed E-state index contributed by atoms with van der Waals surface area (Å²) in [5.41, 5.74) is 1.35. The molecule has 15 heavy (non-hydrogen) atoms. The SMILES string of the molecule is CC(C)(C)c1ccc([O-])cc1.[Cl-].[Cl-].[Cl-].[Ti+4]. The molecular weight excluding hydrogens is 290 g/mol. The number of benzene rings is 1. The van der Waals surface area contributed by atoms with Crippen molar-refractivity contribution in [1.82, 2.24) is 0 Å². The van der Waals surface area contributed by atoms with E-state index < -0.39 is 0 Å². The molecule has 0 aliphatic carbocycles. The van der Waals surface area contributed by atoms with Gasteiger partial charge < -0.3 is 42.3 Å². The number of hydrogen-bond donors (Lipinski definition) is 0. The van der Waals surface area contributed by atoms with Gasteiger partial charge in [-0.2, -0.15) is 0 Å². The quantitative estimate of drug-likeness (QED) is 0.437. The summed E-state index contributed by atoms with van der Waals surface area (Å²) in [5.74, 6) is 0.0815. The van der Waals surface area contributed by atoms with Crippen molar-refractivity contribution >= 4 is 0 Å². The Bertz CT molecular complexity index is 244. The topological polar surface area (TPSA) is 23.1 Å². The zero-order valence-corrected chi connectivity index (χ0v) is 12.7. The van der Waals surface area contributed by atoms with Crippen LogP contribution in [0.2, 0.25) is 0 Å². The Morgan fingerprint density at radius 1 is 0.867 bits per heavy atom. The molecule has 0 aliphatic heterocycles. The van der Waals surface area contributed by atoms with Crippen LogP contribution in [0.5, 0.6) is 5.75 Å². The molecule has 0 radical (unpaired) electrons. The smallest absolute Gasteiger partial charge is 1.00 e. The zero-order chi connectivity index (χ0) is 8.48. The third kappa shape index (κ3) is 8.42. The van der Waals surface area contributed by atoms with Gasteiger partial charge in [-0.15, -0.1) is 5.75 Å². The van der Waals surface area contributed by atoms with E-state index in [-0.39, 0.29) is 70.1 Å². The summed E-state index contributed by atoms with van der Waals surface area (Å²) in [6.07, 6.45) is 0. The average molecular weight is 303 g/mol. The molecule has 0 heterocycles. The zero-order valence-electron chi connectivity index (χ0n) is 8.85. The summed E-state index contributed by atoms with van der Waals surface area (Å²) < 4.78 is 0. The van der Waals surface area contributed by atoms with E-state index in [1.807, 2.05) is 12.1 Å². The second kappa shape index (κ2) is 9.80. The van der Waals surface area contributed by atoms with Crippen molar-refractivity contribution in [3.05, 3.63) is 29.8 Å². The van der Waals surface area contributed by atoms with Crippen LogP contribution >= 0.6 is 0 Å². The molecule has 1 rings (SSSR count). The Hall–Kier alpha value is 0.604. The molecule has 0 saturated heterocycles. The van der Waals surface area contributed by atoms with Gasteiger partial charge in [0.25, 0.3) is 0 Å². The van der Waals surface area contributed by atoms with Gasteiger partial charge >= 0.3 is 21.7 Å². The van der Waals surface area contributed by atoms with Crippen LogP contribution in [0.15, 0.2) is 24.3 Å². The maximum atomic E-state index is 10.7. The summed E-state index contributed by atoms with van der Waals surface area (Å²) >= 11 is 0. The molecule has 0 N–H and O–H groups in total. The predicted molar refractivity (Wildman–Crippen MR) is 44.6 cm³/mol. The molecule has 0 fully saturated rings. The summed E-state index contributed by atoms with van der Waals surface area (Å²) in [6.45, 7) is 6.40. The fourth-order valence-corrected chi connectivity index (χ4v) is 0.955. The molecule has 0 aromatic heterocycles. The molecule has 1 nitrogen and oxygen atoms in total. The molecule has 84 valence electrons. The second-order valence-electron chi connectivity index (χ2n) is 3.77. The monoisotopic (exact) mass is 302 g/mol. The maximum absolute atomic E-state index is 10.7. The van der Waals surface area contributed by atoms with Crippen molar-refractivity contribution in [3.63, 3.8) is 0 Å². The Labute approximate surface area is 125 Å². The van der Waals surface area contributed by atoms with Crippen molar-refractivity contribution in [3.8, 4) is 5.75 Å². The van der Waals surface area contributed by atoms with Crippen LogP contribution in [0.1, 0.15) is 26.3 Å². The third-order valence-electron chi connectivity index (χ3n) is 1.72. The van der Waals surface area contributed by atoms with Crippen molar-refractivity contribution in [2.45, 2.75) is 26.2 Å². The van der Waals surface area contributed by atoms with E-state index in [0.29, 0.717) is 0 Å². The first kappa shape index (κ1) is 24.7. The van der Waals surface area contributed by atoms with E-state index in [4.69, 9.17) is 0 Å². The Balaban J connectivity index is -0.000000151. The number of halogens is 3. The van der Waals surface area contributed by atoms with E-state index >= 15 is 0 Å². The van der Waals surface area contributed by atoms with Gasteiger partial charge in [0.2, 0.25) is 0 Å². The van der Waals surface area contributed by atoms with E-state index in [1.165, 1.54) is 5.56 Å². The standard InChI is InChI=1S/C10H14O.3ClH.Ti/c1-10(2,3)8-4-6-9(11)7-5-8;;;;/h4-7,11H,1-3H3;3*1H;/q;;;;+4/p-4. The molecule has 0 amide bonds. The molecule has 0 bridgehead atoms. The predicted octanol–water partition coefficient (Wildman–Crippen LogP) is -6.93. The van der Waals surface area contributed by atoms with Crippen LogP contribution in [0, 0.1) is 0 Å². The van der Waals surface area contributed by atoms with Gasteiger partial charge in [0.15, 0.2) is 0 Å². The Kier molecular flexibility index (Phi) is 16.2. The van der Waals surface area contributed by atoms with Crippen molar-refractivity contribution in [2.24, 2.45) is 0 Å². The normalized spacial score (nSPS) is 8.47. The molecular formula is C10H13Cl3OTi. The Morgan fingerprint density at radius 2 is 1.20 bits per heavy atom. The van der Waals surface area contributed by atoms with Gasteiger partial charge in [-0.25, -0.2) is 0 Å². The van der Waals surface area contributed by atoms with Gasteiger partial charge in [0.1, 0.15) is 0 Å². The van der Waals surface area contributed by atoms with E-state index in [0.717, 1.165) is 0 Å². The van der Waals surface area contributed by atoms with Crippen LogP contribution in [0.4, 0.5) is 0 Å². The van der Waals surface area contributed by atoms with Crippen LogP contribution in [0.3, 0.4) is 0 Å². The first-order valence-electron chi connectivity index (χ1n) is 3.78.